The molecule has 0 aromatic carbocycles. The van der Waals surface area contributed by atoms with E-state index in [0.29, 0.717) is 19.6 Å². The number of aryl methyl sites for hydroxylation is 1. The highest BCUT2D eigenvalue weighted by Crippen LogP contribution is 2.12. The second-order valence-corrected chi connectivity index (χ2v) is 4.91. The van der Waals surface area contributed by atoms with Crippen molar-refractivity contribution in [3.63, 3.8) is 0 Å². The molecular formula is C13H22N4O3. The van der Waals surface area contributed by atoms with E-state index in [1.165, 1.54) is 7.11 Å². The van der Waals surface area contributed by atoms with Gasteiger partial charge in [0.05, 0.1) is 32.8 Å². The van der Waals surface area contributed by atoms with Gasteiger partial charge in [-0.2, -0.15) is 5.10 Å². The second kappa shape index (κ2) is 7.35. The number of morpholine rings is 1. The maximum absolute atomic E-state index is 11.3. The number of hydrogen-bond acceptors (Lipinski definition) is 6. The van der Waals surface area contributed by atoms with Crippen molar-refractivity contribution in [2.75, 3.05) is 26.8 Å². The van der Waals surface area contributed by atoms with E-state index in [2.05, 4.69) is 26.6 Å². The Balaban J connectivity index is 1.89. The van der Waals surface area contributed by atoms with Gasteiger partial charge in [0.1, 0.15) is 12.2 Å². The van der Waals surface area contributed by atoms with Crippen molar-refractivity contribution in [2.24, 2.45) is 0 Å². The Bertz CT molecular complexity index is 435. The van der Waals surface area contributed by atoms with Crippen LogP contribution < -0.4 is 0 Å². The molecule has 2 heterocycles. The lowest BCUT2D eigenvalue weighted by atomic mass is 10.2. The van der Waals surface area contributed by atoms with Crippen molar-refractivity contribution in [1.82, 2.24) is 19.7 Å². The van der Waals surface area contributed by atoms with Crippen LogP contribution in [0.2, 0.25) is 0 Å². The van der Waals surface area contributed by atoms with Gasteiger partial charge in [-0.25, -0.2) is 9.67 Å². The molecule has 0 spiro atoms. The molecule has 0 aliphatic carbocycles. The highest BCUT2D eigenvalue weighted by atomic mass is 16.5. The van der Waals surface area contributed by atoms with Crippen molar-refractivity contribution in [3.05, 3.63) is 12.2 Å². The number of aromatic nitrogens is 3. The van der Waals surface area contributed by atoms with Crippen LogP contribution in [0, 0.1) is 0 Å². The first-order chi connectivity index (χ1) is 9.72. The summed E-state index contributed by atoms with van der Waals surface area (Å²) in [7, 11) is 1.40. The monoisotopic (exact) mass is 282 g/mol. The largest absolute Gasteiger partial charge is 0.469 e. The van der Waals surface area contributed by atoms with Crippen LogP contribution in [-0.4, -0.2) is 58.5 Å². The van der Waals surface area contributed by atoms with E-state index in [-0.39, 0.29) is 12.1 Å². The Morgan fingerprint density at radius 3 is 3.20 bits per heavy atom. The average molecular weight is 282 g/mol. The van der Waals surface area contributed by atoms with Gasteiger partial charge < -0.3 is 9.47 Å². The first-order valence-corrected chi connectivity index (χ1v) is 7.00. The molecule has 20 heavy (non-hydrogen) atoms. The van der Waals surface area contributed by atoms with E-state index < -0.39 is 0 Å². The minimum Gasteiger partial charge on any atom is -0.469 e. The number of nitrogens with zero attached hydrogens (tertiary/aromatic N) is 4. The molecule has 0 bridgehead atoms. The number of hydrogen-bond donors (Lipinski definition) is 0. The number of rotatable bonds is 6. The van der Waals surface area contributed by atoms with Gasteiger partial charge in [0.15, 0.2) is 0 Å². The van der Waals surface area contributed by atoms with Crippen LogP contribution in [0.15, 0.2) is 6.33 Å². The van der Waals surface area contributed by atoms with Gasteiger partial charge >= 0.3 is 5.97 Å². The lowest BCUT2D eigenvalue weighted by molar-refractivity contribution is -0.145. The summed E-state index contributed by atoms with van der Waals surface area (Å²) >= 11 is 0. The number of ether oxygens (including phenoxy) is 2. The fourth-order valence-electron chi connectivity index (χ4n) is 2.33. The summed E-state index contributed by atoms with van der Waals surface area (Å²) in [6.07, 6.45) is 2.83. The zero-order valence-corrected chi connectivity index (χ0v) is 12.1. The molecule has 0 amide bonds. The normalized spacial score (nSPS) is 20.0. The van der Waals surface area contributed by atoms with Gasteiger partial charge in [-0.15, -0.1) is 0 Å². The molecule has 0 N–H and O–H groups in total. The van der Waals surface area contributed by atoms with Crippen LogP contribution >= 0.6 is 0 Å². The number of carbonyl (C=O) groups excluding carboxylic acids is 1. The fraction of sp³-hybridized carbons (Fsp3) is 0.769. The molecule has 1 aliphatic rings. The number of carbonyl (C=O) groups is 1. The van der Waals surface area contributed by atoms with E-state index in [9.17, 15) is 4.79 Å². The second-order valence-electron chi connectivity index (χ2n) is 4.91. The van der Waals surface area contributed by atoms with Gasteiger partial charge in [0, 0.05) is 19.6 Å². The standard InChI is InChI=1S/C13H22N4O3/c1-3-4-17-12(14-10-15-17)9-16-5-6-20-11(8-16)7-13(18)19-2/h10-11H,3-9H2,1-2H3. The zero-order chi connectivity index (χ0) is 14.4. The Morgan fingerprint density at radius 2 is 2.45 bits per heavy atom. The SMILES string of the molecule is CCCn1ncnc1CN1CCOC(CC(=O)OC)C1. The molecular weight excluding hydrogens is 260 g/mol. The zero-order valence-electron chi connectivity index (χ0n) is 12.1. The molecule has 1 aromatic rings. The van der Waals surface area contributed by atoms with Crippen LogP contribution in [0.25, 0.3) is 0 Å². The lowest BCUT2D eigenvalue weighted by Gasteiger charge is -2.32. The molecule has 112 valence electrons. The van der Waals surface area contributed by atoms with Crippen molar-refractivity contribution in [2.45, 2.75) is 39.0 Å². The molecule has 1 atom stereocenters. The summed E-state index contributed by atoms with van der Waals surface area (Å²) in [6.45, 7) is 5.92. The third kappa shape index (κ3) is 4.01. The predicted molar refractivity (Wildman–Crippen MR) is 72.0 cm³/mol. The van der Waals surface area contributed by atoms with E-state index in [4.69, 9.17) is 4.74 Å². The minimum atomic E-state index is -0.231. The van der Waals surface area contributed by atoms with Crippen LogP contribution in [-0.2, 0) is 27.4 Å². The molecule has 7 heteroatoms. The Morgan fingerprint density at radius 1 is 1.60 bits per heavy atom. The topological polar surface area (TPSA) is 69.5 Å². The molecule has 1 aromatic heterocycles. The Labute approximate surface area is 118 Å². The summed E-state index contributed by atoms with van der Waals surface area (Å²) in [4.78, 5) is 17.8. The van der Waals surface area contributed by atoms with Crippen molar-refractivity contribution < 1.29 is 14.3 Å². The molecule has 1 aliphatic heterocycles. The molecule has 2 rings (SSSR count). The van der Waals surface area contributed by atoms with Gasteiger partial charge in [-0.1, -0.05) is 6.92 Å². The van der Waals surface area contributed by atoms with E-state index >= 15 is 0 Å². The lowest BCUT2D eigenvalue weighted by Crippen LogP contribution is -2.43. The Hall–Kier alpha value is -1.47. The van der Waals surface area contributed by atoms with Crippen molar-refractivity contribution >= 4 is 5.97 Å². The maximum atomic E-state index is 11.3. The summed E-state index contributed by atoms with van der Waals surface area (Å²) in [5.74, 6) is 0.733. The number of esters is 1. The fourth-order valence-corrected chi connectivity index (χ4v) is 2.33. The van der Waals surface area contributed by atoms with Crippen molar-refractivity contribution in [1.29, 1.82) is 0 Å². The molecule has 1 fully saturated rings. The van der Waals surface area contributed by atoms with Crippen LogP contribution in [0.1, 0.15) is 25.6 Å². The molecule has 0 saturated carbocycles. The summed E-state index contributed by atoms with van der Waals surface area (Å²) in [6, 6.07) is 0. The molecule has 7 nitrogen and oxygen atoms in total. The number of methoxy groups -OCH3 is 1. The minimum absolute atomic E-state index is 0.0984. The van der Waals surface area contributed by atoms with Gasteiger partial charge in [-0.05, 0) is 6.42 Å². The summed E-state index contributed by atoms with van der Waals surface area (Å²) < 4.78 is 12.2. The molecule has 1 unspecified atom stereocenters. The van der Waals surface area contributed by atoms with Crippen LogP contribution in [0.5, 0.6) is 0 Å². The third-order valence-electron chi connectivity index (χ3n) is 3.34. The van der Waals surface area contributed by atoms with Gasteiger partial charge in [0.2, 0.25) is 0 Å². The van der Waals surface area contributed by atoms with Crippen LogP contribution in [0.3, 0.4) is 0 Å². The smallest absolute Gasteiger partial charge is 0.308 e. The third-order valence-corrected chi connectivity index (χ3v) is 3.34. The van der Waals surface area contributed by atoms with Crippen LogP contribution in [0.4, 0.5) is 0 Å². The molecule has 0 radical (unpaired) electrons. The summed E-state index contributed by atoms with van der Waals surface area (Å²) in [5.41, 5.74) is 0. The quantitative estimate of drug-likeness (QED) is 0.706. The highest BCUT2D eigenvalue weighted by molar-refractivity contribution is 5.69. The maximum Gasteiger partial charge on any atom is 0.308 e. The average Bonchev–Trinajstić information content (AvgIpc) is 2.87. The van der Waals surface area contributed by atoms with E-state index in [1.54, 1.807) is 6.33 Å². The first-order valence-electron chi connectivity index (χ1n) is 7.00. The van der Waals surface area contributed by atoms with Gasteiger partial charge in [-0.3, -0.25) is 9.69 Å². The van der Waals surface area contributed by atoms with E-state index in [0.717, 1.165) is 31.9 Å². The van der Waals surface area contributed by atoms with E-state index in [1.807, 2.05) is 4.68 Å². The Kier molecular flexibility index (Phi) is 5.49. The summed E-state index contributed by atoms with van der Waals surface area (Å²) in [5, 5.41) is 4.23. The predicted octanol–water partition coefficient (Wildman–Crippen LogP) is 0.452. The van der Waals surface area contributed by atoms with Gasteiger partial charge in [0.25, 0.3) is 0 Å². The first kappa shape index (κ1) is 14.9. The molecule has 1 saturated heterocycles. The van der Waals surface area contributed by atoms with Crippen molar-refractivity contribution in [3.8, 4) is 0 Å². The highest BCUT2D eigenvalue weighted by Gasteiger charge is 2.24.